The van der Waals surface area contributed by atoms with Gasteiger partial charge in [-0.2, -0.15) is 4.31 Å². The molecule has 1 aliphatic rings. The molecule has 2 heterocycles. The molecule has 3 N–H and O–H groups in total. The Balaban J connectivity index is 2.05. The minimum atomic E-state index is -3.20. The Labute approximate surface area is 117 Å². The smallest absolute Gasteiger partial charge is 0.272 e. The molecule has 0 unspecified atom stereocenters. The highest BCUT2D eigenvalue weighted by molar-refractivity contribution is 7.88. The molecule has 110 valence electrons. The maximum absolute atomic E-state index is 12.3. The highest BCUT2D eigenvalue weighted by Crippen LogP contribution is 2.11. The molecule has 2 rings (SSSR count). The van der Waals surface area contributed by atoms with Crippen LogP contribution in [0.25, 0.3) is 0 Å². The van der Waals surface area contributed by atoms with E-state index in [1.807, 2.05) is 0 Å². The van der Waals surface area contributed by atoms with Gasteiger partial charge in [0.1, 0.15) is 11.5 Å². The van der Waals surface area contributed by atoms with Crippen molar-refractivity contribution in [1.82, 2.24) is 14.2 Å². The van der Waals surface area contributed by atoms with Gasteiger partial charge < -0.3 is 10.3 Å². The van der Waals surface area contributed by atoms with Gasteiger partial charge in [0.2, 0.25) is 10.0 Å². The normalized spacial score (nSPS) is 17.0. The SMILES string of the molecule is CS(=O)(=O)N1CCN(C(=O)c2cccc(NN)n2)CC1. The summed E-state index contributed by atoms with van der Waals surface area (Å²) in [6.45, 7) is 1.32. The Morgan fingerprint density at radius 2 is 1.95 bits per heavy atom. The van der Waals surface area contributed by atoms with Crippen molar-refractivity contribution in [2.24, 2.45) is 5.84 Å². The van der Waals surface area contributed by atoms with E-state index in [4.69, 9.17) is 5.84 Å². The van der Waals surface area contributed by atoms with Gasteiger partial charge >= 0.3 is 0 Å². The average Bonchev–Trinajstić information content (AvgIpc) is 2.46. The molecule has 0 bridgehead atoms. The first kappa shape index (κ1) is 14.7. The van der Waals surface area contributed by atoms with Crippen LogP contribution in [-0.2, 0) is 10.0 Å². The molecule has 1 saturated heterocycles. The number of anilines is 1. The molecule has 20 heavy (non-hydrogen) atoms. The molecule has 1 amide bonds. The van der Waals surface area contributed by atoms with Crippen LogP contribution in [0.5, 0.6) is 0 Å². The van der Waals surface area contributed by atoms with Crippen LogP contribution in [0.3, 0.4) is 0 Å². The van der Waals surface area contributed by atoms with Gasteiger partial charge in [0.25, 0.3) is 5.91 Å². The summed E-state index contributed by atoms with van der Waals surface area (Å²) in [6, 6.07) is 4.94. The lowest BCUT2D eigenvalue weighted by atomic mass is 10.2. The second kappa shape index (κ2) is 5.73. The third-order valence-electron chi connectivity index (χ3n) is 3.11. The van der Waals surface area contributed by atoms with Crippen molar-refractivity contribution in [3.05, 3.63) is 23.9 Å². The molecule has 0 spiro atoms. The fraction of sp³-hybridized carbons (Fsp3) is 0.455. The Hall–Kier alpha value is -1.71. The summed E-state index contributed by atoms with van der Waals surface area (Å²) in [7, 11) is -3.20. The zero-order valence-corrected chi connectivity index (χ0v) is 11.9. The van der Waals surface area contributed by atoms with Gasteiger partial charge in [-0.05, 0) is 12.1 Å². The molecule has 0 aromatic carbocycles. The number of amides is 1. The fourth-order valence-electron chi connectivity index (χ4n) is 2.02. The van der Waals surface area contributed by atoms with Crippen LogP contribution in [-0.4, -0.2) is 60.9 Å². The van der Waals surface area contributed by atoms with Gasteiger partial charge in [0.15, 0.2) is 0 Å². The summed E-state index contributed by atoms with van der Waals surface area (Å²) < 4.78 is 24.2. The van der Waals surface area contributed by atoms with Crippen LogP contribution >= 0.6 is 0 Å². The molecule has 0 aliphatic carbocycles. The summed E-state index contributed by atoms with van der Waals surface area (Å²) in [6.07, 6.45) is 1.17. The summed E-state index contributed by atoms with van der Waals surface area (Å²) in [5.74, 6) is 5.43. The molecule has 1 fully saturated rings. The van der Waals surface area contributed by atoms with E-state index in [0.29, 0.717) is 32.0 Å². The highest BCUT2D eigenvalue weighted by atomic mass is 32.2. The van der Waals surface area contributed by atoms with Gasteiger partial charge in [0.05, 0.1) is 6.26 Å². The Kier molecular flexibility index (Phi) is 4.21. The largest absolute Gasteiger partial charge is 0.335 e. The first-order chi connectivity index (χ1) is 9.41. The average molecular weight is 299 g/mol. The van der Waals surface area contributed by atoms with Crippen molar-refractivity contribution in [1.29, 1.82) is 0 Å². The molecule has 1 aliphatic heterocycles. The number of carbonyl (C=O) groups excluding carboxylic acids is 1. The molecule has 9 heteroatoms. The Bertz CT molecular complexity index is 596. The predicted octanol–water partition coefficient (Wildman–Crippen LogP) is -0.915. The number of nitrogens with two attached hydrogens (primary N) is 1. The molecule has 8 nitrogen and oxygen atoms in total. The number of pyridine rings is 1. The van der Waals surface area contributed by atoms with Crippen molar-refractivity contribution < 1.29 is 13.2 Å². The van der Waals surface area contributed by atoms with Crippen LogP contribution in [0.2, 0.25) is 0 Å². The third-order valence-corrected chi connectivity index (χ3v) is 4.41. The monoisotopic (exact) mass is 299 g/mol. The number of rotatable bonds is 3. The van der Waals surface area contributed by atoms with E-state index >= 15 is 0 Å². The lowest BCUT2D eigenvalue weighted by Gasteiger charge is -2.33. The highest BCUT2D eigenvalue weighted by Gasteiger charge is 2.27. The number of nitrogens with one attached hydrogen (secondary N) is 1. The molecule has 1 aromatic rings. The number of hydrogen-bond acceptors (Lipinski definition) is 6. The first-order valence-corrected chi connectivity index (χ1v) is 7.95. The maximum atomic E-state index is 12.3. The number of piperazine rings is 1. The van der Waals surface area contributed by atoms with E-state index in [9.17, 15) is 13.2 Å². The van der Waals surface area contributed by atoms with Gasteiger partial charge in [-0.3, -0.25) is 4.79 Å². The number of hydrazine groups is 1. The Morgan fingerprint density at radius 3 is 2.50 bits per heavy atom. The van der Waals surface area contributed by atoms with Crippen LogP contribution in [0.15, 0.2) is 18.2 Å². The van der Waals surface area contributed by atoms with Crippen LogP contribution in [0, 0.1) is 0 Å². The van der Waals surface area contributed by atoms with Crippen molar-refractivity contribution in [3.63, 3.8) is 0 Å². The van der Waals surface area contributed by atoms with Crippen LogP contribution in [0.1, 0.15) is 10.5 Å². The molecule has 1 aromatic heterocycles. The minimum absolute atomic E-state index is 0.227. The molecule has 0 atom stereocenters. The number of sulfonamides is 1. The van der Waals surface area contributed by atoms with E-state index in [0.717, 1.165) is 0 Å². The summed E-state index contributed by atoms with van der Waals surface area (Å²) in [5, 5.41) is 0. The second-order valence-electron chi connectivity index (χ2n) is 4.51. The maximum Gasteiger partial charge on any atom is 0.272 e. The number of nitrogens with zero attached hydrogens (tertiary/aromatic N) is 3. The third kappa shape index (κ3) is 3.24. The van der Waals surface area contributed by atoms with Gasteiger partial charge in [-0.1, -0.05) is 6.07 Å². The summed E-state index contributed by atoms with van der Waals surface area (Å²) in [5.41, 5.74) is 2.67. The van der Waals surface area contributed by atoms with Crippen molar-refractivity contribution in [2.75, 3.05) is 37.9 Å². The first-order valence-electron chi connectivity index (χ1n) is 6.10. The van der Waals surface area contributed by atoms with Crippen molar-refractivity contribution >= 4 is 21.7 Å². The fourth-order valence-corrected chi connectivity index (χ4v) is 2.85. The van der Waals surface area contributed by atoms with E-state index < -0.39 is 10.0 Å². The zero-order valence-electron chi connectivity index (χ0n) is 11.1. The number of hydrogen-bond donors (Lipinski definition) is 2. The second-order valence-corrected chi connectivity index (χ2v) is 6.49. The summed E-state index contributed by atoms with van der Waals surface area (Å²) in [4.78, 5) is 17.9. The van der Waals surface area contributed by atoms with Gasteiger partial charge in [-0.25, -0.2) is 19.2 Å². The molecule has 0 saturated carbocycles. The standard InChI is InChI=1S/C11H17N5O3S/c1-20(18,19)16-7-5-15(6-8-16)11(17)9-3-2-4-10(13-9)14-12/h2-4H,5-8,12H2,1H3,(H,13,14). The van der Waals surface area contributed by atoms with E-state index in [1.54, 1.807) is 23.1 Å². The zero-order chi connectivity index (χ0) is 14.8. The quantitative estimate of drug-likeness (QED) is 0.552. The van der Waals surface area contributed by atoms with Crippen LogP contribution < -0.4 is 11.3 Å². The number of carbonyl (C=O) groups is 1. The Morgan fingerprint density at radius 1 is 1.30 bits per heavy atom. The van der Waals surface area contributed by atoms with E-state index in [2.05, 4.69) is 10.4 Å². The minimum Gasteiger partial charge on any atom is -0.335 e. The molecular weight excluding hydrogens is 282 g/mol. The lowest BCUT2D eigenvalue weighted by molar-refractivity contribution is 0.0692. The number of nitrogen functional groups attached to an aromatic ring is 1. The topological polar surface area (TPSA) is 109 Å². The van der Waals surface area contributed by atoms with Crippen LogP contribution in [0.4, 0.5) is 5.82 Å². The molecule has 0 radical (unpaired) electrons. The molecular formula is C11H17N5O3S. The lowest BCUT2D eigenvalue weighted by Crippen LogP contribution is -2.50. The number of aromatic nitrogens is 1. The summed E-state index contributed by atoms with van der Waals surface area (Å²) >= 11 is 0. The van der Waals surface area contributed by atoms with Gasteiger partial charge in [0, 0.05) is 26.2 Å². The van der Waals surface area contributed by atoms with E-state index in [1.165, 1.54) is 10.6 Å². The van der Waals surface area contributed by atoms with Crippen molar-refractivity contribution in [3.8, 4) is 0 Å². The predicted molar refractivity (Wildman–Crippen MR) is 74.4 cm³/mol. The van der Waals surface area contributed by atoms with Crippen molar-refractivity contribution in [2.45, 2.75) is 0 Å². The van der Waals surface area contributed by atoms with E-state index in [-0.39, 0.29) is 11.6 Å². The van der Waals surface area contributed by atoms with Gasteiger partial charge in [-0.15, -0.1) is 0 Å².